The number of ether oxygens (including phenoxy) is 1. The Morgan fingerprint density at radius 2 is 2.00 bits per heavy atom. The maximum atomic E-state index is 13.2. The monoisotopic (exact) mass is 272 g/mol. The zero-order valence-electron chi connectivity index (χ0n) is 10.3. The van der Waals surface area contributed by atoms with Gasteiger partial charge in [-0.2, -0.15) is 0 Å². The molecule has 0 saturated carbocycles. The minimum atomic E-state index is -0.670. The SMILES string of the molecule is CCOC(=O)CNC(=O)NCc1cc(F)ccc1F. The Morgan fingerprint density at radius 3 is 2.68 bits per heavy atom. The standard InChI is InChI=1S/C12H14F2N2O3/c1-2-19-11(17)7-16-12(18)15-6-8-5-9(13)3-4-10(8)14/h3-5H,2,6-7H2,1H3,(H2,15,16,18). The van der Waals surface area contributed by atoms with Crippen molar-refractivity contribution in [3.63, 3.8) is 0 Å². The van der Waals surface area contributed by atoms with Crippen molar-refractivity contribution in [2.24, 2.45) is 0 Å². The molecule has 0 fully saturated rings. The smallest absolute Gasteiger partial charge is 0.325 e. The van der Waals surface area contributed by atoms with E-state index in [0.717, 1.165) is 18.2 Å². The number of carbonyl (C=O) groups excluding carboxylic acids is 2. The third kappa shape index (κ3) is 5.33. The zero-order valence-corrected chi connectivity index (χ0v) is 10.3. The molecule has 0 spiro atoms. The number of benzene rings is 1. The molecule has 0 aliphatic heterocycles. The van der Waals surface area contributed by atoms with E-state index in [-0.39, 0.29) is 25.3 Å². The Balaban J connectivity index is 2.38. The highest BCUT2D eigenvalue weighted by atomic mass is 19.1. The first-order valence-electron chi connectivity index (χ1n) is 5.64. The molecule has 0 aromatic heterocycles. The van der Waals surface area contributed by atoms with Crippen LogP contribution in [0.2, 0.25) is 0 Å². The third-order valence-corrected chi connectivity index (χ3v) is 2.15. The van der Waals surface area contributed by atoms with Crippen molar-refractivity contribution in [1.82, 2.24) is 10.6 Å². The number of esters is 1. The maximum Gasteiger partial charge on any atom is 0.325 e. The quantitative estimate of drug-likeness (QED) is 0.795. The van der Waals surface area contributed by atoms with Gasteiger partial charge in [0.2, 0.25) is 0 Å². The normalized spacial score (nSPS) is 9.84. The Labute approximate surface area is 108 Å². The van der Waals surface area contributed by atoms with E-state index < -0.39 is 23.6 Å². The lowest BCUT2D eigenvalue weighted by Gasteiger charge is -2.08. The summed E-state index contributed by atoms with van der Waals surface area (Å²) in [6, 6.07) is 2.28. The minimum Gasteiger partial charge on any atom is -0.465 e. The van der Waals surface area contributed by atoms with Crippen molar-refractivity contribution >= 4 is 12.0 Å². The van der Waals surface area contributed by atoms with Crippen molar-refractivity contribution in [1.29, 1.82) is 0 Å². The van der Waals surface area contributed by atoms with Gasteiger partial charge in [0, 0.05) is 12.1 Å². The second-order valence-electron chi connectivity index (χ2n) is 3.58. The summed E-state index contributed by atoms with van der Waals surface area (Å²) in [4.78, 5) is 22.2. The fraction of sp³-hybridized carbons (Fsp3) is 0.333. The second kappa shape index (κ2) is 7.30. The van der Waals surface area contributed by atoms with Crippen LogP contribution >= 0.6 is 0 Å². The van der Waals surface area contributed by atoms with Gasteiger partial charge in [0.1, 0.15) is 18.2 Å². The molecule has 7 heteroatoms. The first kappa shape index (κ1) is 14.9. The largest absolute Gasteiger partial charge is 0.465 e. The Hall–Kier alpha value is -2.18. The molecule has 104 valence electrons. The molecule has 0 radical (unpaired) electrons. The Bertz CT molecular complexity index is 466. The molecule has 1 aromatic carbocycles. The van der Waals surface area contributed by atoms with Gasteiger partial charge in [0.15, 0.2) is 0 Å². The van der Waals surface area contributed by atoms with Crippen LogP contribution in [0.3, 0.4) is 0 Å². The van der Waals surface area contributed by atoms with Gasteiger partial charge in [-0.1, -0.05) is 0 Å². The van der Waals surface area contributed by atoms with Gasteiger partial charge in [-0.15, -0.1) is 0 Å². The summed E-state index contributed by atoms with van der Waals surface area (Å²) < 4.78 is 30.7. The lowest BCUT2D eigenvalue weighted by molar-refractivity contribution is -0.141. The summed E-state index contributed by atoms with van der Waals surface area (Å²) in [6.45, 7) is 1.39. The molecule has 0 aliphatic carbocycles. The molecule has 2 N–H and O–H groups in total. The summed E-state index contributed by atoms with van der Waals surface area (Å²) >= 11 is 0. The van der Waals surface area contributed by atoms with E-state index in [9.17, 15) is 18.4 Å². The summed E-state index contributed by atoms with van der Waals surface area (Å²) in [5, 5.41) is 4.53. The molecular formula is C12H14F2N2O3. The highest BCUT2D eigenvalue weighted by Gasteiger charge is 2.08. The van der Waals surface area contributed by atoms with Gasteiger partial charge in [-0.25, -0.2) is 13.6 Å². The van der Waals surface area contributed by atoms with Crippen molar-refractivity contribution in [2.45, 2.75) is 13.5 Å². The molecule has 0 aliphatic rings. The van der Waals surface area contributed by atoms with E-state index in [1.165, 1.54) is 0 Å². The number of hydrogen-bond donors (Lipinski definition) is 2. The lowest BCUT2D eigenvalue weighted by Crippen LogP contribution is -2.38. The van der Waals surface area contributed by atoms with E-state index in [0.29, 0.717) is 0 Å². The Morgan fingerprint density at radius 1 is 1.26 bits per heavy atom. The minimum absolute atomic E-state index is 0.0197. The number of rotatable bonds is 5. The molecule has 2 amide bonds. The van der Waals surface area contributed by atoms with Gasteiger partial charge < -0.3 is 15.4 Å². The highest BCUT2D eigenvalue weighted by Crippen LogP contribution is 2.08. The number of nitrogens with one attached hydrogen (secondary N) is 2. The van der Waals surface area contributed by atoms with Crippen LogP contribution in [-0.2, 0) is 16.1 Å². The molecule has 19 heavy (non-hydrogen) atoms. The van der Waals surface area contributed by atoms with Crippen molar-refractivity contribution in [3.05, 3.63) is 35.4 Å². The lowest BCUT2D eigenvalue weighted by atomic mass is 10.2. The van der Waals surface area contributed by atoms with Gasteiger partial charge in [-0.3, -0.25) is 4.79 Å². The molecule has 0 heterocycles. The van der Waals surface area contributed by atoms with Gasteiger partial charge in [-0.05, 0) is 25.1 Å². The molecule has 1 rings (SSSR count). The van der Waals surface area contributed by atoms with E-state index in [1.54, 1.807) is 6.92 Å². The fourth-order valence-corrected chi connectivity index (χ4v) is 1.28. The van der Waals surface area contributed by atoms with Crippen LogP contribution in [0.4, 0.5) is 13.6 Å². The fourth-order valence-electron chi connectivity index (χ4n) is 1.28. The zero-order chi connectivity index (χ0) is 14.3. The highest BCUT2D eigenvalue weighted by molar-refractivity contribution is 5.80. The third-order valence-electron chi connectivity index (χ3n) is 2.15. The van der Waals surface area contributed by atoms with Crippen LogP contribution in [0, 0.1) is 11.6 Å². The summed E-state index contributed by atoms with van der Waals surface area (Å²) in [6.07, 6.45) is 0. The van der Waals surface area contributed by atoms with Crippen LogP contribution in [0.1, 0.15) is 12.5 Å². The topological polar surface area (TPSA) is 67.4 Å². The van der Waals surface area contributed by atoms with E-state index in [4.69, 9.17) is 0 Å². The second-order valence-corrected chi connectivity index (χ2v) is 3.58. The number of amides is 2. The van der Waals surface area contributed by atoms with E-state index in [1.807, 2.05) is 0 Å². The van der Waals surface area contributed by atoms with Crippen molar-refractivity contribution in [3.8, 4) is 0 Å². The van der Waals surface area contributed by atoms with Crippen LogP contribution in [0.15, 0.2) is 18.2 Å². The number of carbonyl (C=O) groups is 2. The average molecular weight is 272 g/mol. The first-order chi connectivity index (χ1) is 9.02. The number of halogens is 2. The van der Waals surface area contributed by atoms with E-state index in [2.05, 4.69) is 15.4 Å². The van der Waals surface area contributed by atoms with Crippen LogP contribution < -0.4 is 10.6 Å². The summed E-state index contributed by atoms with van der Waals surface area (Å²) in [7, 11) is 0. The van der Waals surface area contributed by atoms with Crippen LogP contribution in [-0.4, -0.2) is 25.2 Å². The number of hydrogen-bond acceptors (Lipinski definition) is 3. The average Bonchev–Trinajstić information content (AvgIpc) is 2.38. The van der Waals surface area contributed by atoms with E-state index >= 15 is 0 Å². The molecular weight excluding hydrogens is 258 g/mol. The van der Waals surface area contributed by atoms with Crippen molar-refractivity contribution in [2.75, 3.05) is 13.2 Å². The predicted molar refractivity (Wildman–Crippen MR) is 63.2 cm³/mol. The van der Waals surface area contributed by atoms with Crippen LogP contribution in [0.25, 0.3) is 0 Å². The van der Waals surface area contributed by atoms with Gasteiger partial charge >= 0.3 is 12.0 Å². The van der Waals surface area contributed by atoms with Crippen molar-refractivity contribution < 1.29 is 23.1 Å². The maximum absolute atomic E-state index is 13.2. The first-order valence-corrected chi connectivity index (χ1v) is 5.64. The molecule has 0 bridgehead atoms. The molecule has 0 unspecified atom stereocenters. The molecule has 1 aromatic rings. The summed E-state index contributed by atoms with van der Waals surface area (Å²) in [5.41, 5.74) is 0.0197. The summed E-state index contributed by atoms with van der Waals surface area (Å²) in [5.74, 6) is -1.79. The molecule has 0 saturated heterocycles. The van der Waals surface area contributed by atoms with Gasteiger partial charge in [0.25, 0.3) is 0 Å². The Kier molecular flexibility index (Phi) is 5.72. The van der Waals surface area contributed by atoms with Crippen LogP contribution in [0.5, 0.6) is 0 Å². The molecule has 5 nitrogen and oxygen atoms in total. The molecule has 0 atom stereocenters. The predicted octanol–water partition coefficient (Wildman–Crippen LogP) is 1.33. The van der Waals surface area contributed by atoms with Gasteiger partial charge in [0.05, 0.1) is 6.61 Å². The number of urea groups is 1.